The van der Waals surface area contributed by atoms with Crippen LogP contribution in [0.3, 0.4) is 0 Å². The number of hydrogen-bond acceptors (Lipinski definition) is 7. The number of carbonyl (C=O) groups excluding carboxylic acids is 1. The number of hydrogen-bond donors (Lipinski definition) is 4. The van der Waals surface area contributed by atoms with Crippen LogP contribution in [0.5, 0.6) is 0 Å². The zero-order valence-corrected chi connectivity index (χ0v) is 19.7. The third-order valence-electron chi connectivity index (χ3n) is 6.64. The number of alkyl halides is 3. The monoisotopic (exact) mass is 504 g/mol. The first-order valence-corrected chi connectivity index (χ1v) is 11.8. The van der Waals surface area contributed by atoms with Crippen molar-refractivity contribution in [2.75, 3.05) is 44.0 Å². The predicted molar refractivity (Wildman–Crippen MR) is 128 cm³/mol. The zero-order chi connectivity index (χ0) is 25.3. The van der Waals surface area contributed by atoms with Gasteiger partial charge in [-0.1, -0.05) is 6.07 Å². The van der Waals surface area contributed by atoms with Crippen LogP contribution in [-0.4, -0.2) is 60.5 Å². The van der Waals surface area contributed by atoms with Gasteiger partial charge in [-0.3, -0.25) is 5.32 Å². The van der Waals surface area contributed by atoms with Crippen LogP contribution in [0.4, 0.5) is 29.6 Å². The number of carbonyl (C=O) groups is 1. The van der Waals surface area contributed by atoms with Gasteiger partial charge < -0.3 is 25.1 Å². The Morgan fingerprint density at radius 1 is 1.28 bits per heavy atom. The number of benzene rings is 1. The first-order valence-electron chi connectivity index (χ1n) is 11.8. The van der Waals surface area contributed by atoms with Crippen LogP contribution in [0.2, 0.25) is 0 Å². The number of amides is 1. The van der Waals surface area contributed by atoms with E-state index >= 15 is 0 Å². The lowest BCUT2D eigenvalue weighted by molar-refractivity contribution is -0.137. The fourth-order valence-corrected chi connectivity index (χ4v) is 4.90. The number of nitrogens with one attached hydrogen (secondary N) is 4. The number of halogens is 3. The molecule has 2 aliphatic rings. The molecule has 3 aromatic rings. The molecule has 1 aromatic carbocycles. The van der Waals surface area contributed by atoms with E-state index in [1.54, 1.807) is 12.1 Å². The van der Waals surface area contributed by atoms with Crippen LogP contribution in [0, 0.1) is 0 Å². The summed E-state index contributed by atoms with van der Waals surface area (Å²) in [6.45, 7) is 2.60. The van der Waals surface area contributed by atoms with Gasteiger partial charge in [-0.05, 0) is 31.9 Å². The van der Waals surface area contributed by atoms with Gasteiger partial charge in [-0.2, -0.15) is 13.2 Å². The first kappa shape index (κ1) is 24.3. The van der Waals surface area contributed by atoms with E-state index in [4.69, 9.17) is 9.47 Å². The van der Waals surface area contributed by atoms with Crippen molar-refractivity contribution >= 4 is 28.6 Å². The van der Waals surface area contributed by atoms with Crippen LogP contribution in [0.15, 0.2) is 24.5 Å². The van der Waals surface area contributed by atoms with Gasteiger partial charge in [-0.25, -0.2) is 14.8 Å². The van der Waals surface area contributed by atoms with Crippen molar-refractivity contribution in [1.29, 1.82) is 0 Å². The molecule has 0 spiro atoms. The van der Waals surface area contributed by atoms with Crippen molar-refractivity contribution in [1.82, 2.24) is 20.3 Å². The number of ether oxygens (including phenoxy) is 2. The molecule has 192 valence electrons. The van der Waals surface area contributed by atoms with E-state index in [1.165, 1.54) is 13.3 Å². The highest BCUT2D eigenvalue weighted by Crippen LogP contribution is 2.42. The van der Waals surface area contributed by atoms with Gasteiger partial charge in [0.1, 0.15) is 5.56 Å². The third kappa shape index (κ3) is 4.82. The average Bonchev–Trinajstić information content (AvgIpc) is 3.54. The Kier molecular flexibility index (Phi) is 6.71. The number of nitrogens with zero attached hydrogens (tertiary/aromatic N) is 2. The minimum Gasteiger partial charge on any atom is -0.453 e. The largest absolute Gasteiger partial charge is 0.453 e. The minimum absolute atomic E-state index is 0.0345. The molecule has 1 amide bonds. The van der Waals surface area contributed by atoms with Crippen molar-refractivity contribution in [3.8, 4) is 11.3 Å². The lowest BCUT2D eigenvalue weighted by Gasteiger charge is -2.24. The molecule has 12 heteroatoms. The molecule has 36 heavy (non-hydrogen) atoms. The van der Waals surface area contributed by atoms with Crippen LogP contribution >= 0.6 is 0 Å². The van der Waals surface area contributed by atoms with Gasteiger partial charge >= 0.3 is 12.3 Å². The molecule has 2 aromatic heterocycles. The number of fused-ring (bicyclic) bond motifs is 1. The fourth-order valence-electron chi connectivity index (χ4n) is 4.90. The zero-order valence-electron chi connectivity index (χ0n) is 19.7. The molecule has 4 heterocycles. The normalized spacial score (nSPS) is 20.4. The number of methoxy groups -OCH3 is 1. The Hall–Kier alpha value is -3.38. The second kappa shape index (κ2) is 9.94. The molecular weight excluding hydrogens is 477 g/mol. The third-order valence-corrected chi connectivity index (χ3v) is 6.64. The van der Waals surface area contributed by atoms with Crippen molar-refractivity contribution in [2.24, 2.45) is 0 Å². The lowest BCUT2D eigenvalue weighted by atomic mass is 9.93. The summed E-state index contributed by atoms with van der Waals surface area (Å²) in [5.41, 5.74) is 1.07. The van der Waals surface area contributed by atoms with E-state index < -0.39 is 17.8 Å². The summed E-state index contributed by atoms with van der Waals surface area (Å²) in [5.74, 6) is 0.102. The Morgan fingerprint density at radius 2 is 2.14 bits per heavy atom. The molecule has 1 unspecified atom stereocenters. The second-order valence-corrected chi connectivity index (χ2v) is 8.97. The molecule has 0 saturated carbocycles. The Labute approximate surface area is 205 Å². The lowest BCUT2D eigenvalue weighted by Crippen LogP contribution is -2.38. The van der Waals surface area contributed by atoms with Crippen LogP contribution in [0.25, 0.3) is 22.2 Å². The Balaban J connectivity index is 1.61. The van der Waals surface area contributed by atoms with Crippen molar-refractivity contribution in [2.45, 2.75) is 37.4 Å². The molecule has 2 atom stereocenters. The van der Waals surface area contributed by atoms with Gasteiger partial charge in [0.15, 0.2) is 0 Å². The maximum absolute atomic E-state index is 14.0. The number of aromatic nitrogens is 3. The fraction of sp³-hybridized carbons (Fsp3) is 0.458. The quantitative estimate of drug-likeness (QED) is 0.405. The van der Waals surface area contributed by atoms with Gasteiger partial charge in [0.25, 0.3) is 0 Å². The number of H-pyrrole nitrogens is 1. The molecule has 0 radical (unpaired) electrons. The standard InChI is InChI=1S/C24H27F3N6O3/c1-35-23(34)32-18-5-4-15-16(10-29-21(15)19(18)13-6-8-36-12-13)20-17(24(25,26)27)11-30-22(33-20)31-14-3-2-7-28-9-14/h4-5,10-11,13-14,28-29H,2-3,6-9,12H2,1H3,(H,32,34)(H,30,31,33)/t13?,14-/m0/s1. The molecule has 0 bridgehead atoms. The summed E-state index contributed by atoms with van der Waals surface area (Å²) in [4.78, 5) is 23.4. The number of anilines is 2. The van der Waals surface area contributed by atoms with E-state index in [1.807, 2.05) is 0 Å². The number of aromatic amines is 1. The summed E-state index contributed by atoms with van der Waals surface area (Å²) in [6.07, 6.45) is -0.365. The Bertz CT molecular complexity index is 1250. The maximum atomic E-state index is 14.0. The van der Waals surface area contributed by atoms with E-state index in [0.29, 0.717) is 48.3 Å². The molecule has 5 rings (SSSR count). The van der Waals surface area contributed by atoms with Gasteiger partial charge in [0, 0.05) is 59.7 Å². The van der Waals surface area contributed by atoms with Crippen LogP contribution in [-0.2, 0) is 15.7 Å². The summed E-state index contributed by atoms with van der Waals surface area (Å²) in [5, 5.41) is 9.69. The molecule has 2 aliphatic heterocycles. The number of rotatable bonds is 5. The summed E-state index contributed by atoms with van der Waals surface area (Å²) < 4.78 is 52.3. The first-order chi connectivity index (χ1) is 17.3. The van der Waals surface area contributed by atoms with Gasteiger partial charge in [0.2, 0.25) is 5.95 Å². The second-order valence-electron chi connectivity index (χ2n) is 8.97. The highest BCUT2D eigenvalue weighted by Gasteiger charge is 2.36. The van der Waals surface area contributed by atoms with Crippen LogP contribution < -0.4 is 16.0 Å². The molecule has 2 fully saturated rings. The topological polar surface area (TPSA) is 113 Å². The minimum atomic E-state index is -4.64. The number of piperidine rings is 1. The smallest absolute Gasteiger partial charge is 0.419 e. The van der Waals surface area contributed by atoms with Gasteiger partial charge in [-0.15, -0.1) is 0 Å². The van der Waals surface area contributed by atoms with Gasteiger partial charge in [0.05, 0.1) is 24.9 Å². The van der Waals surface area contributed by atoms with E-state index in [0.717, 1.165) is 31.1 Å². The molecule has 0 aliphatic carbocycles. The summed E-state index contributed by atoms with van der Waals surface area (Å²) in [7, 11) is 1.27. The van der Waals surface area contributed by atoms with E-state index in [9.17, 15) is 18.0 Å². The maximum Gasteiger partial charge on any atom is 0.419 e. The predicted octanol–water partition coefficient (Wildman–Crippen LogP) is 4.49. The Morgan fingerprint density at radius 3 is 2.83 bits per heavy atom. The molecule has 2 saturated heterocycles. The molecule has 9 nitrogen and oxygen atoms in total. The molecular formula is C24H27F3N6O3. The summed E-state index contributed by atoms with van der Waals surface area (Å²) >= 11 is 0. The van der Waals surface area contributed by atoms with Crippen molar-refractivity contribution in [3.63, 3.8) is 0 Å². The van der Waals surface area contributed by atoms with Crippen molar-refractivity contribution < 1.29 is 27.4 Å². The van der Waals surface area contributed by atoms with E-state index in [-0.39, 0.29) is 23.6 Å². The highest BCUT2D eigenvalue weighted by molar-refractivity contribution is 6.01. The summed E-state index contributed by atoms with van der Waals surface area (Å²) in [6, 6.07) is 3.38. The van der Waals surface area contributed by atoms with Crippen LogP contribution in [0.1, 0.15) is 36.3 Å². The average molecular weight is 505 g/mol. The van der Waals surface area contributed by atoms with Crippen molar-refractivity contribution in [3.05, 3.63) is 35.7 Å². The van der Waals surface area contributed by atoms with E-state index in [2.05, 4.69) is 30.9 Å². The SMILES string of the molecule is COC(=O)Nc1ccc2c(-c3nc(N[C@H]4CCCNC4)ncc3C(F)(F)F)c[nH]c2c1C1CCOC1. The highest BCUT2D eigenvalue weighted by atomic mass is 19.4. The molecule has 4 N–H and O–H groups in total.